The first kappa shape index (κ1) is 12.9. The highest BCUT2D eigenvalue weighted by Gasteiger charge is 2.37. The predicted molar refractivity (Wildman–Crippen MR) is 78.8 cm³/mol. The standard InChI is InChI=1S/C16H24N2O/c1-17-11-16(8-10-19-13-16)12-18-9-4-6-14-5-2-3-7-15(14)18/h2-3,5,7,17H,4,6,8-13H2,1H3. The van der Waals surface area contributed by atoms with Crippen molar-refractivity contribution < 1.29 is 4.74 Å². The summed E-state index contributed by atoms with van der Waals surface area (Å²) in [7, 11) is 2.05. The molecule has 0 radical (unpaired) electrons. The van der Waals surface area contributed by atoms with Gasteiger partial charge >= 0.3 is 0 Å². The Morgan fingerprint density at radius 1 is 1.37 bits per heavy atom. The number of anilines is 1. The summed E-state index contributed by atoms with van der Waals surface area (Å²) in [4.78, 5) is 2.57. The van der Waals surface area contributed by atoms with E-state index < -0.39 is 0 Å². The Balaban J connectivity index is 1.80. The van der Waals surface area contributed by atoms with Gasteiger partial charge in [-0.15, -0.1) is 0 Å². The Labute approximate surface area is 115 Å². The lowest BCUT2D eigenvalue weighted by Gasteiger charge is -2.38. The molecule has 104 valence electrons. The van der Waals surface area contributed by atoms with Crippen molar-refractivity contribution in [3.05, 3.63) is 29.8 Å². The summed E-state index contributed by atoms with van der Waals surface area (Å²) in [5, 5.41) is 3.36. The summed E-state index contributed by atoms with van der Waals surface area (Å²) < 4.78 is 5.68. The maximum Gasteiger partial charge on any atom is 0.0552 e. The van der Waals surface area contributed by atoms with Gasteiger partial charge in [-0.1, -0.05) is 18.2 Å². The maximum atomic E-state index is 5.68. The number of ether oxygens (including phenoxy) is 1. The molecule has 2 heterocycles. The second-order valence-corrected chi connectivity index (χ2v) is 5.99. The van der Waals surface area contributed by atoms with Gasteiger partial charge < -0.3 is 15.0 Å². The lowest BCUT2D eigenvalue weighted by molar-refractivity contribution is 0.153. The van der Waals surface area contributed by atoms with Gasteiger partial charge in [-0.25, -0.2) is 0 Å². The molecule has 3 heteroatoms. The van der Waals surface area contributed by atoms with Gasteiger partial charge in [0.1, 0.15) is 0 Å². The molecule has 2 aliphatic rings. The van der Waals surface area contributed by atoms with E-state index in [1.165, 1.54) is 37.1 Å². The normalized spacial score (nSPS) is 26.5. The minimum Gasteiger partial charge on any atom is -0.381 e. The monoisotopic (exact) mass is 260 g/mol. The van der Waals surface area contributed by atoms with Crippen LogP contribution in [0.3, 0.4) is 0 Å². The summed E-state index contributed by atoms with van der Waals surface area (Å²) in [6, 6.07) is 8.87. The second kappa shape index (κ2) is 5.51. The third kappa shape index (κ3) is 2.63. The summed E-state index contributed by atoms with van der Waals surface area (Å²) in [6.07, 6.45) is 3.67. The number of fused-ring (bicyclic) bond motifs is 1. The highest BCUT2D eigenvalue weighted by Crippen LogP contribution is 2.34. The number of rotatable bonds is 4. The number of nitrogens with one attached hydrogen (secondary N) is 1. The number of para-hydroxylation sites is 1. The maximum absolute atomic E-state index is 5.68. The molecule has 1 aromatic rings. The van der Waals surface area contributed by atoms with Crippen molar-refractivity contribution in [2.24, 2.45) is 5.41 Å². The second-order valence-electron chi connectivity index (χ2n) is 5.99. The molecule has 0 saturated carbocycles. The van der Waals surface area contributed by atoms with Crippen LogP contribution in [0.2, 0.25) is 0 Å². The van der Waals surface area contributed by atoms with Crippen LogP contribution < -0.4 is 10.2 Å². The van der Waals surface area contributed by atoms with Crippen LogP contribution in [-0.2, 0) is 11.2 Å². The van der Waals surface area contributed by atoms with Crippen LogP contribution >= 0.6 is 0 Å². The van der Waals surface area contributed by atoms with E-state index in [1.807, 2.05) is 7.05 Å². The van der Waals surface area contributed by atoms with Gasteiger partial charge in [0, 0.05) is 37.3 Å². The van der Waals surface area contributed by atoms with Crippen LogP contribution in [0.15, 0.2) is 24.3 Å². The first-order valence-corrected chi connectivity index (χ1v) is 7.38. The number of hydrogen-bond acceptors (Lipinski definition) is 3. The molecular weight excluding hydrogens is 236 g/mol. The summed E-state index contributed by atoms with van der Waals surface area (Å²) in [5.41, 5.74) is 3.24. The van der Waals surface area contributed by atoms with Crippen molar-refractivity contribution in [1.29, 1.82) is 0 Å². The molecule has 1 unspecified atom stereocenters. The first-order valence-electron chi connectivity index (χ1n) is 7.38. The molecule has 1 N–H and O–H groups in total. The minimum atomic E-state index is 0.291. The summed E-state index contributed by atoms with van der Waals surface area (Å²) in [5.74, 6) is 0. The number of aryl methyl sites for hydroxylation is 1. The average Bonchev–Trinajstić information content (AvgIpc) is 2.88. The van der Waals surface area contributed by atoms with Crippen LogP contribution in [0, 0.1) is 5.41 Å². The van der Waals surface area contributed by atoms with E-state index in [0.717, 1.165) is 26.3 Å². The molecule has 0 spiro atoms. The number of hydrogen-bond donors (Lipinski definition) is 1. The molecule has 3 nitrogen and oxygen atoms in total. The van der Waals surface area contributed by atoms with E-state index in [4.69, 9.17) is 4.74 Å². The zero-order valence-electron chi connectivity index (χ0n) is 11.8. The van der Waals surface area contributed by atoms with Gasteiger partial charge in [0.2, 0.25) is 0 Å². The Morgan fingerprint density at radius 3 is 3.05 bits per heavy atom. The minimum absolute atomic E-state index is 0.291. The third-order valence-electron chi connectivity index (χ3n) is 4.47. The van der Waals surface area contributed by atoms with Gasteiger partial charge in [0.25, 0.3) is 0 Å². The quantitative estimate of drug-likeness (QED) is 0.897. The van der Waals surface area contributed by atoms with E-state index in [0.29, 0.717) is 5.41 Å². The van der Waals surface area contributed by atoms with Crippen molar-refractivity contribution in [3.63, 3.8) is 0 Å². The highest BCUT2D eigenvalue weighted by atomic mass is 16.5. The van der Waals surface area contributed by atoms with E-state index in [1.54, 1.807) is 0 Å². The third-order valence-corrected chi connectivity index (χ3v) is 4.47. The van der Waals surface area contributed by atoms with Gasteiger partial charge in [-0.2, -0.15) is 0 Å². The van der Waals surface area contributed by atoms with E-state index in [-0.39, 0.29) is 0 Å². The van der Waals surface area contributed by atoms with Crippen molar-refractivity contribution in [2.75, 3.05) is 44.8 Å². The van der Waals surface area contributed by atoms with Gasteiger partial charge in [0.15, 0.2) is 0 Å². The smallest absolute Gasteiger partial charge is 0.0552 e. The Hall–Kier alpha value is -1.06. The van der Waals surface area contributed by atoms with Crippen LogP contribution in [0.25, 0.3) is 0 Å². The molecule has 1 fully saturated rings. The zero-order chi connectivity index (χ0) is 13.1. The van der Waals surface area contributed by atoms with Crippen LogP contribution in [0.4, 0.5) is 5.69 Å². The topological polar surface area (TPSA) is 24.5 Å². The highest BCUT2D eigenvalue weighted by molar-refractivity contribution is 5.55. The fraction of sp³-hybridized carbons (Fsp3) is 0.625. The van der Waals surface area contributed by atoms with Crippen molar-refractivity contribution in [2.45, 2.75) is 19.3 Å². The van der Waals surface area contributed by atoms with Crippen molar-refractivity contribution >= 4 is 5.69 Å². The van der Waals surface area contributed by atoms with E-state index >= 15 is 0 Å². The number of benzene rings is 1. The van der Waals surface area contributed by atoms with Gasteiger partial charge in [0.05, 0.1) is 6.61 Å². The molecule has 1 aromatic carbocycles. The first-order chi connectivity index (χ1) is 9.33. The average molecular weight is 260 g/mol. The van der Waals surface area contributed by atoms with Gasteiger partial charge in [-0.05, 0) is 37.9 Å². The lowest BCUT2D eigenvalue weighted by Crippen LogP contribution is -2.45. The van der Waals surface area contributed by atoms with Crippen LogP contribution in [0.5, 0.6) is 0 Å². The largest absolute Gasteiger partial charge is 0.381 e. The molecule has 0 aromatic heterocycles. The molecular formula is C16H24N2O. The lowest BCUT2D eigenvalue weighted by atomic mass is 9.85. The van der Waals surface area contributed by atoms with Gasteiger partial charge in [-0.3, -0.25) is 0 Å². The fourth-order valence-electron chi connectivity index (χ4n) is 3.53. The molecule has 2 aliphatic heterocycles. The van der Waals surface area contributed by atoms with Crippen LogP contribution in [-0.4, -0.2) is 39.9 Å². The molecule has 1 atom stereocenters. The Kier molecular flexibility index (Phi) is 3.76. The predicted octanol–water partition coefficient (Wildman–Crippen LogP) is 2.07. The Morgan fingerprint density at radius 2 is 2.26 bits per heavy atom. The molecule has 0 bridgehead atoms. The fourth-order valence-corrected chi connectivity index (χ4v) is 3.53. The van der Waals surface area contributed by atoms with E-state index in [9.17, 15) is 0 Å². The van der Waals surface area contributed by atoms with Crippen LogP contribution in [0.1, 0.15) is 18.4 Å². The van der Waals surface area contributed by atoms with Crippen molar-refractivity contribution in [1.82, 2.24) is 5.32 Å². The zero-order valence-corrected chi connectivity index (χ0v) is 11.8. The molecule has 3 rings (SSSR count). The molecule has 0 amide bonds. The molecule has 0 aliphatic carbocycles. The van der Waals surface area contributed by atoms with Crippen molar-refractivity contribution in [3.8, 4) is 0 Å². The van der Waals surface area contributed by atoms with E-state index in [2.05, 4.69) is 34.5 Å². The summed E-state index contributed by atoms with van der Waals surface area (Å²) in [6.45, 7) is 5.16. The number of nitrogens with zero attached hydrogens (tertiary/aromatic N) is 1. The SMILES string of the molecule is CNCC1(CN2CCCc3ccccc32)CCOC1. The molecule has 1 saturated heterocycles. The summed E-state index contributed by atoms with van der Waals surface area (Å²) >= 11 is 0. The molecule has 19 heavy (non-hydrogen) atoms. The Bertz CT molecular complexity index is 427.